The van der Waals surface area contributed by atoms with Crippen molar-refractivity contribution in [2.75, 3.05) is 13.7 Å². The van der Waals surface area contributed by atoms with Gasteiger partial charge in [0.2, 0.25) is 15.9 Å². The molecule has 1 aromatic heterocycles. The van der Waals surface area contributed by atoms with Crippen molar-refractivity contribution in [2.45, 2.75) is 43.7 Å². The summed E-state index contributed by atoms with van der Waals surface area (Å²) in [6, 6.07) is 13.3. The third kappa shape index (κ3) is 4.91. The van der Waals surface area contributed by atoms with Crippen molar-refractivity contribution in [3.63, 3.8) is 0 Å². The van der Waals surface area contributed by atoms with Crippen LogP contribution in [0.3, 0.4) is 0 Å². The van der Waals surface area contributed by atoms with Crippen LogP contribution in [-0.4, -0.2) is 48.6 Å². The van der Waals surface area contributed by atoms with E-state index in [4.69, 9.17) is 13.9 Å². The van der Waals surface area contributed by atoms with Crippen LogP contribution >= 0.6 is 0 Å². The molecule has 3 aromatic rings. The summed E-state index contributed by atoms with van der Waals surface area (Å²) in [4.78, 5) is 12.6. The topological polar surface area (TPSA) is 112 Å². The van der Waals surface area contributed by atoms with E-state index in [2.05, 4.69) is 10.2 Å². The number of hydrogen-bond donors (Lipinski definition) is 0. The van der Waals surface area contributed by atoms with E-state index in [9.17, 15) is 13.2 Å². The summed E-state index contributed by atoms with van der Waals surface area (Å²) in [6.45, 7) is 2.08. The number of piperidine rings is 1. The molecule has 174 valence electrons. The smallest absolute Gasteiger partial charge is 0.338 e. The van der Waals surface area contributed by atoms with Gasteiger partial charge in [-0.05, 0) is 50.1 Å². The molecule has 2 aromatic carbocycles. The summed E-state index contributed by atoms with van der Waals surface area (Å²) in [5, 5.41) is 7.85. The average Bonchev–Trinajstić information content (AvgIpc) is 3.32. The highest BCUT2D eigenvalue weighted by Crippen LogP contribution is 2.32. The Morgan fingerprint density at radius 3 is 2.67 bits per heavy atom. The second-order valence-corrected chi connectivity index (χ2v) is 9.63. The van der Waals surface area contributed by atoms with Crippen molar-refractivity contribution in [3.05, 3.63) is 60.0 Å². The van der Waals surface area contributed by atoms with Gasteiger partial charge in [0, 0.05) is 18.2 Å². The number of rotatable bonds is 7. The lowest BCUT2D eigenvalue weighted by Gasteiger charge is -2.32. The first-order valence-corrected chi connectivity index (χ1v) is 12.1. The molecule has 0 unspecified atom stereocenters. The molecule has 33 heavy (non-hydrogen) atoms. The Morgan fingerprint density at radius 2 is 1.94 bits per heavy atom. The van der Waals surface area contributed by atoms with Crippen LogP contribution in [0.2, 0.25) is 0 Å². The van der Waals surface area contributed by atoms with E-state index in [0.29, 0.717) is 12.4 Å². The van der Waals surface area contributed by atoms with Crippen LogP contribution in [0.15, 0.2) is 57.8 Å². The zero-order valence-electron chi connectivity index (χ0n) is 18.4. The molecule has 1 aliphatic heterocycles. The van der Waals surface area contributed by atoms with Crippen LogP contribution in [0.1, 0.15) is 42.4 Å². The number of carbonyl (C=O) groups is 1. The van der Waals surface area contributed by atoms with Gasteiger partial charge in [-0.3, -0.25) is 0 Å². The Hall–Kier alpha value is -3.24. The minimum atomic E-state index is -3.84. The van der Waals surface area contributed by atoms with Gasteiger partial charge in [-0.25, -0.2) is 13.2 Å². The Labute approximate surface area is 192 Å². The molecular formula is C23H25N3O6S. The SMILES string of the molecule is COc1ccc(C(=O)OCc2nnc(-c3ccccc3)o2)cc1S(=O)(=O)N1CCCC[C@@H]1C. The zero-order chi connectivity index (χ0) is 23.4. The number of hydrogen-bond acceptors (Lipinski definition) is 8. The lowest BCUT2D eigenvalue weighted by atomic mass is 10.1. The maximum atomic E-state index is 13.3. The standard InChI is InChI=1S/C23H25N3O6S/c1-16-8-6-7-13-26(16)33(28,29)20-14-18(11-12-19(20)30-2)23(27)31-15-21-24-25-22(32-21)17-9-4-3-5-10-17/h3-5,9-12,14,16H,6-8,13,15H2,1-2H3/t16-/m0/s1. The molecule has 1 aliphatic rings. The minimum absolute atomic E-state index is 0.0580. The molecule has 1 atom stereocenters. The Morgan fingerprint density at radius 1 is 1.15 bits per heavy atom. The number of esters is 1. The first kappa shape index (κ1) is 22.9. The summed E-state index contributed by atoms with van der Waals surface area (Å²) in [5.41, 5.74) is 0.835. The van der Waals surface area contributed by atoms with Crippen molar-refractivity contribution in [1.82, 2.24) is 14.5 Å². The molecule has 10 heteroatoms. The van der Waals surface area contributed by atoms with Crippen LogP contribution in [0.25, 0.3) is 11.5 Å². The molecule has 2 heterocycles. The van der Waals surface area contributed by atoms with Crippen molar-refractivity contribution in [3.8, 4) is 17.2 Å². The van der Waals surface area contributed by atoms with Crippen LogP contribution in [0.5, 0.6) is 5.75 Å². The van der Waals surface area contributed by atoms with Gasteiger partial charge >= 0.3 is 5.97 Å². The molecule has 4 rings (SSSR count). The molecule has 1 fully saturated rings. The Bertz CT molecular complexity index is 1230. The average molecular weight is 472 g/mol. The van der Waals surface area contributed by atoms with Crippen molar-refractivity contribution in [1.29, 1.82) is 0 Å². The summed E-state index contributed by atoms with van der Waals surface area (Å²) >= 11 is 0. The monoisotopic (exact) mass is 471 g/mol. The van der Waals surface area contributed by atoms with Gasteiger partial charge in [0.05, 0.1) is 12.7 Å². The van der Waals surface area contributed by atoms with Crippen LogP contribution in [-0.2, 0) is 21.4 Å². The highest BCUT2D eigenvalue weighted by molar-refractivity contribution is 7.89. The summed E-state index contributed by atoms with van der Waals surface area (Å²) < 4.78 is 44.2. The van der Waals surface area contributed by atoms with Gasteiger partial charge < -0.3 is 13.9 Å². The lowest BCUT2D eigenvalue weighted by Crippen LogP contribution is -2.42. The lowest BCUT2D eigenvalue weighted by molar-refractivity contribution is 0.0438. The molecule has 0 spiro atoms. The molecule has 0 bridgehead atoms. The predicted octanol–water partition coefficient (Wildman–Crippen LogP) is 3.67. The van der Waals surface area contributed by atoms with Crippen molar-refractivity contribution >= 4 is 16.0 Å². The molecule has 0 N–H and O–H groups in total. The number of carbonyl (C=O) groups excluding carboxylic acids is 1. The van der Waals surface area contributed by atoms with Crippen LogP contribution in [0, 0.1) is 0 Å². The fourth-order valence-corrected chi connectivity index (χ4v) is 5.66. The fraction of sp³-hybridized carbons (Fsp3) is 0.348. The van der Waals surface area contributed by atoms with Crippen LogP contribution < -0.4 is 4.74 Å². The second-order valence-electron chi connectivity index (χ2n) is 7.77. The van der Waals surface area contributed by atoms with Crippen LogP contribution in [0.4, 0.5) is 0 Å². The largest absolute Gasteiger partial charge is 0.495 e. The fourth-order valence-electron chi connectivity index (χ4n) is 3.78. The number of sulfonamides is 1. The van der Waals surface area contributed by atoms with E-state index in [0.717, 1.165) is 24.8 Å². The number of benzene rings is 2. The second kappa shape index (κ2) is 9.72. The van der Waals surface area contributed by atoms with Gasteiger partial charge in [-0.2, -0.15) is 4.31 Å². The van der Waals surface area contributed by atoms with E-state index in [1.54, 1.807) is 0 Å². The number of nitrogens with zero attached hydrogens (tertiary/aromatic N) is 3. The predicted molar refractivity (Wildman–Crippen MR) is 119 cm³/mol. The van der Waals surface area contributed by atoms with E-state index < -0.39 is 16.0 Å². The van der Waals surface area contributed by atoms with E-state index in [1.807, 2.05) is 37.3 Å². The molecule has 0 saturated carbocycles. The normalized spacial score (nSPS) is 17.0. The summed E-state index contributed by atoms with van der Waals surface area (Å²) in [6.07, 6.45) is 2.57. The maximum Gasteiger partial charge on any atom is 0.338 e. The molecule has 9 nitrogen and oxygen atoms in total. The molecule has 0 radical (unpaired) electrons. The van der Waals surface area contributed by atoms with E-state index in [-0.39, 0.29) is 34.7 Å². The van der Waals surface area contributed by atoms with Crippen molar-refractivity contribution < 1.29 is 27.1 Å². The first-order chi connectivity index (χ1) is 15.9. The highest BCUT2D eigenvalue weighted by atomic mass is 32.2. The summed E-state index contributed by atoms with van der Waals surface area (Å²) in [5.74, 6) is -0.0881. The van der Waals surface area contributed by atoms with Gasteiger partial charge in [0.25, 0.3) is 5.89 Å². The third-order valence-corrected chi connectivity index (χ3v) is 7.58. The minimum Gasteiger partial charge on any atom is -0.495 e. The van der Waals surface area contributed by atoms with Gasteiger partial charge in [-0.1, -0.05) is 24.6 Å². The first-order valence-electron chi connectivity index (χ1n) is 10.6. The third-order valence-electron chi connectivity index (χ3n) is 5.54. The molecule has 0 aliphatic carbocycles. The Kier molecular flexibility index (Phi) is 6.75. The number of aromatic nitrogens is 2. The van der Waals surface area contributed by atoms with Crippen molar-refractivity contribution in [2.24, 2.45) is 0 Å². The molecule has 0 amide bonds. The van der Waals surface area contributed by atoms with E-state index in [1.165, 1.54) is 29.6 Å². The molecule has 1 saturated heterocycles. The van der Waals surface area contributed by atoms with Gasteiger partial charge in [0.1, 0.15) is 10.6 Å². The van der Waals surface area contributed by atoms with Gasteiger partial charge in [0.15, 0.2) is 6.61 Å². The highest BCUT2D eigenvalue weighted by Gasteiger charge is 2.33. The molecular weight excluding hydrogens is 446 g/mol. The van der Waals surface area contributed by atoms with Gasteiger partial charge in [-0.15, -0.1) is 10.2 Å². The zero-order valence-corrected chi connectivity index (χ0v) is 19.2. The number of ether oxygens (including phenoxy) is 2. The Balaban J connectivity index is 1.51. The van der Waals surface area contributed by atoms with E-state index >= 15 is 0 Å². The quantitative estimate of drug-likeness (QED) is 0.480. The maximum absolute atomic E-state index is 13.3. The number of methoxy groups -OCH3 is 1. The summed E-state index contributed by atoms with van der Waals surface area (Å²) in [7, 11) is -2.45.